The molecule has 2 aliphatic rings. The minimum Gasteiger partial charge on any atom is -0.396 e. The second-order valence-electron chi connectivity index (χ2n) is 8.04. The van der Waals surface area contributed by atoms with Gasteiger partial charge in [0.05, 0.1) is 0 Å². The van der Waals surface area contributed by atoms with Crippen LogP contribution >= 0.6 is 0 Å². The summed E-state index contributed by atoms with van der Waals surface area (Å²) in [7, 11) is 0. The first-order valence-electron chi connectivity index (χ1n) is 9.23. The molecule has 0 spiro atoms. The lowest BCUT2D eigenvalue weighted by Gasteiger charge is -2.38. The van der Waals surface area contributed by atoms with Crippen LogP contribution in [0.5, 0.6) is 0 Å². The summed E-state index contributed by atoms with van der Waals surface area (Å²) in [6, 6.07) is 5.77. The fourth-order valence-electron chi connectivity index (χ4n) is 3.95. The van der Waals surface area contributed by atoms with E-state index < -0.39 is 6.04 Å². The topological polar surface area (TPSA) is 80.0 Å². The highest BCUT2D eigenvalue weighted by Gasteiger charge is 2.41. The van der Waals surface area contributed by atoms with Gasteiger partial charge in [-0.2, -0.15) is 10.1 Å². The Morgan fingerprint density at radius 2 is 2.04 bits per heavy atom. The predicted molar refractivity (Wildman–Crippen MR) is 98.6 cm³/mol. The van der Waals surface area contributed by atoms with E-state index in [1.807, 2.05) is 0 Å². The van der Waals surface area contributed by atoms with Crippen molar-refractivity contribution in [3.05, 3.63) is 52.7 Å². The monoisotopic (exact) mass is 370 g/mol. The number of nitrogens with one attached hydrogen (secondary N) is 1. The molecule has 0 saturated heterocycles. The molecule has 2 aromatic rings. The van der Waals surface area contributed by atoms with Crippen molar-refractivity contribution >= 4 is 11.7 Å². The van der Waals surface area contributed by atoms with Gasteiger partial charge in [-0.15, -0.1) is 0 Å². The van der Waals surface area contributed by atoms with Crippen molar-refractivity contribution in [2.75, 3.05) is 11.9 Å². The molecule has 1 aliphatic heterocycles. The van der Waals surface area contributed by atoms with Crippen LogP contribution in [-0.4, -0.2) is 32.3 Å². The molecule has 7 heteroatoms. The summed E-state index contributed by atoms with van der Waals surface area (Å²) in [4.78, 5) is 17.6. The third kappa shape index (κ3) is 3.27. The number of nitrogens with zero attached hydrogens (tertiary/aromatic N) is 3. The van der Waals surface area contributed by atoms with Crippen LogP contribution in [-0.2, 0) is 11.2 Å². The summed E-state index contributed by atoms with van der Waals surface area (Å²) in [5, 5.41) is 17.0. The first-order chi connectivity index (χ1) is 12.9. The van der Waals surface area contributed by atoms with Gasteiger partial charge < -0.3 is 10.4 Å². The Labute approximate surface area is 157 Å². The zero-order valence-corrected chi connectivity index (χ0v) is 15.5. The normalized spacial score (nSPS) is 20.9. The number of aryl methyl sites for hydroxylation is 1. The minimum atomic E-state index is -0.421. The third-order valence-electron chi connectivity index (χ3n) is 5.12. The molecule has 0 bridgehead atoms. The lowest BCUT2D eigenvalue weighted by Crippen LogP contribution is -2.36. The molecule has 2 heterocycles. The number of ketones is 1. The molecule has 4 rings (SSSR count). The van der Waals surface area contributed by atoms with Gasteiger partial charge in [-0.05, 0) is 36.0 Å². The SMILES string of the molecule is CC1(C)CC(=O)C2=C(C1)Nc1nc(CCCO)nn1C2c1ccc(F)cc1. The van der Waals surface area contributed by atoms with Crippen LogP contribution in [0.3, 0.4) is 0 Å². The van der Waals surface area contributed by atoms with Crippen molar-refractivity contribution in [2.45, 2.75) is 45.6 Å². The summed E-state index contributed by atoms with van der Waals surface area (Å²) in [6.45, 7) is 4.23. The summed E-state index contributed by atoms with van der Waals surface area (Å²) in [5.41, 5.74) is 2.24. The maximum Gasteiger partial charge on any atom is 0.226 e. The molecule has 0 amide bonds. The second kappa shape index (κ2) is 6.56. The number of allylic oxidation sites excluding steroid dienone is 2. The number of rotatable bonds is 4. The van der Waals surface area contributed by atoms with Crippen molar-refractivity contribution in [3.8, 4) is 0 Å². The number of aromatic nitrogens is 3. The van der Waals surface area contributed by atoms with Crippen LogP contribution in [0.2, 0.25) is 0 Å². The highest BCUT2D eigenvalue weighted by molar-refractivity contribution is 6.00. The molecule has 1 unspecified atom stereocenters. The van der Waals surface area contributed by atoms with E-state index in [0.717, 1.165) is 17.7 Å². The Hall–Kier alpha value is -2.54. The molecular formula is C20H23FN4O2. The van der Waals surface area contributed by atoms with Gasteiger partial charge in [-0.25, -0.2) is 9.07 Å². The van der Waals surface area contributed by atoms with Crippen LogP contribution in [0.4, 0.5) is 10.3 Å². The Morgan fingerprint density at radius 3 is 2.74 bits per heavy atom. The maximum absolute atomic E-state index is 13.5. The van der Waals surface area contributed by atoms with E-state index >= 15 is 0 Å². The molecule has 1 aromatic heterocycles. The molecule has 0 saturated carbocycles. The van der Waals surface area contributed by atoms with E-state index in [-0.39, 0.29) is 23.6 Å². The summed E-state index contributed by atoms with van der Waals surface area (Å²) < 4.78 is 15.2. The molecule has 6 nitrogen and oxygen atoms in total. The number of carbonyl (C=O) groups excluding carboxylic acids is 1. The first-order valence-corrected chi connectivity index (χ1v) is 9.23. The van der Waals surface area contributed by atoms with Gasteiger partial charge in [0.1, 0.15) is 11.9 Å². The highest BCUT2D eigenvalue weighted by atomic mass is 19.1. The number of benzene rings is 1. The van der Waals surface area contributed by atoms with E-state index in [1.165, 1.54) is 12.1 Å². The Kier molecular flexibility index (Phi) is 4.34. The van der Waals surface area contributed by atoms with Gasteiger partial charge in [0, 0.05) is 30.7 Å². The van der Waals surface area contributed by atoms with Gasteiger partial charge in [0.2, 0.25) is 5.95 Å². The van der Waals surface area contributed by atoms with E-state index in [1.54, 1.807) is 16.8 Å². The van der Waals surface area contributed by atoms with E-state index in [9.17, 15) is 9.18 Å². The van der Waals surface area contributed by atoms with Crippen LogP contribution in [0.15, 0.2) is 35.5 Å². The minimum absolute atomic E-state index is 0.0696. The number of aliphatic hydroxyl groups excluding tert-OH is 1. The van der Waals surface area contributed by atoms with E-state index in [4.69, 9.17) is 5.11 Å². The van der Waals surface area contributed by atoms with E-state index in [2.05, 4.69) is 29.2 Å². The lowest BCUT2D eigenvalue weighted by molar-refractivity contribution is -0.118. The van der Waals surface area contributed by atoms with E-state index in [0.29, 0.717) is 36.6 Å². The predicted octanol–water partition coefficient (Wildman–Crippen LogP) is 3.00. The zero-order valence-electron chi connectivity index (χ0n) is 15.5. The van der Waals surface area contributed by atoms with Crippen LogP contribution in [0, 0.1) is 11.2 Å². The molecule has 1 aromatic carbocycles. The van der Waals surface area contributed by atoms with Crippen molar-refractivity contribution in [2.24, 2.45) is 5.41 Å². The zero-order chi connectivity index (χ0) is 19.2. The molecule has 142 valence electrons. The van der Waals surface area contributed by atoms with Gasteiger partial charge in [0.25, 0.3) is 0 Å². The number of hydrogen-bond donors (Lipinski definition) is 2. The van der Waals surface area contributed by atoms with Crippen LogP contribution in [0.25, 0.3) is 0 Å². The number of hydrogen-bond acceptors (Lipinski definition) is 5. The fourth-order valence-corrected chi connectivity index (χ4v) is 3.95. The van der Waals surface area contributed by atoms with Gasteiger partial charge >= 0.3 is 0 Å². The van der Waals surface area contributed by atoms with Crippen molar-refractivity contribution in [1.29, 1.82) is 0 Å². The Bertz CT molecular complexity index is 915. The number of Topliss-reactive ketones (excluding diaryl/α,β-unsaturated/α-hetero) is 1. The molecule has 27 heavy (non-hydrogen) atoms. The van der Waals surface area contributed by atoms with Crippen molar-refractivity contribution in [1.82, 2.24) is 14.8 Å². The number of fused-ring (bicyclic) bond motifs is 1. The lowest BCUT2D eigenvalue weighted by atomic mass is 9.73. The summed E-state index contributed by atoms with van der Waals surface area (Å²) in [6.07, 6.45) is 2.33. The molecule has 0 fully saturated rings. The maximum atomic E-state index is 13.5. The fraction of sp³-hybridized carbons (Fsp3) is 0.450. The Morgan fingerprint density at radius 1 is 1.30 bits per heavy atom. The molecule has 1 atom stereocenters. The second-order valence-corrected chi connectivity index (χ2v) is 8.04. The average molecular weight is 370 g/mol. The summed E-state index contributed by atoms with van der Waals surface area (Å²) >= 11 is 0. The number of halogens is 1. The van der Waals surface area contributed by atoms with Gasteiger partial charge in [-0.1, -0.05) is 26.0 Å². The standard InChI is InChI=1S/C20H23FN4O2/c1-20(2)10-14-17(15(27)11-20)18(12-5-7-13(21)8-6-12)25-19(22-14)23-16(24-25)4-3-9-26/h5-8,18,26H,3-4,9-11H2,1-2H3,(H,22,23,24). The number of carbonyl (C=O) groups is 1. The smallest absolute Gasteiger partial charge is 0.226 e. The van der Waals surface area contributed by atoms with Crippen LogP contribution < -0.4 is 5.32 Å². The largest absolute Gasteiger partial charge is 0.396 e. The average Bonchev–Trinajstić information content (AvgIpc) is 3.00. The number of aliphatic hydroxyl groups is 1. The quantitative estimate of drug-likeness (QED) is 0.865. The molecular weight excluding hydrogens is 347 g/mol. The molecule has 1 aliphatic carbocycles. The van der Waals surface area contributed by atoms with Crippen molar-refractivity contribution in [3.63, 3.8) is 0 Å². The molecule has 2 N–H and O–H groups in total. The molecule has 0 radical (unpaired) electrons. The summed E-state index contributed by atoms with van der Waals surface area (Å²) in [5.74, 6) is 0.966. The van der Waals surface area contributed by atoms with Gasteiger partial charge in [0.15, 0.2) is 11.6 Å². The Balaban J connectivity index is 1.83. The first kappa shape index (κ1) is 17.9. The van der Waals surface area contributed by atoms with Crippen LogP contribution in [0.1, 0.15) is 50.5 Å². The highest BCUT2D eigenvalue weighted by Crippen LogP contribution is 2.45. The van der Waals surface area contributed by atoms with Crippen molar-refractivity contribution < 1.29 is 14.3 Å². The number of anilines is 1. The van der Waals surface area contributed by atoms with Gasteiger partial charge in [-0.3, -0.25) is 4.79 Å². The third-order valence-corrected chi connectivity index (χ3v) is 5.12.